The van der Waals surface area contributed by atoms with Crippen molar-refractivity contribution < 1.29 is 9.21 Å². The molecule has 76 valence electrons. The van der Waals surface area contributed by atoms with Crippen molar-refractivity contribution in [2.45, 2.75) is 6.92 Å². The summed E-state index contributed by atoms with van der Waals surface area (Å²) < 4.78 is 5.04. The van der Waals surface area contributed by atoms with Gasteiger partial charge in [0.15, 0.2) is 0 Å². The number of nitrogens with zero attached hydrogens (tertiary/aromatic N) is 3. The molecule has 0 radical (unpaired) electrons. The molecule has 0 bridgehead atoms. The molecule has 2 aromatic rings. The zero-order chi connectivity index (χ0) is 10.7. The van der Waals surface area contributed by atoms with Crippen LogP contribution in [0.15, 0.2) is 29.1 Å². The molecule has 0 saturated carbocycles. The molecule has 6 nitrogen and oxygen atoms in total. The quantitative estimate of drug-likeness (QED) is 0.789. The second kappa shape index (κ2) is 3.87. The predicted molar refractivity (Wildman–Crippen MR) is 51.2 cm³/mol. The lowest BCUT2D eigenvalue weighted by Gasteiger charge is -1.98. The second-order valence-corrected chi connectivity index (χ2v) is 2.80. The Labute approximate surface area is 85.4 Å². The van der Waals surface area contributed by atoms with E-state index in [-0.39, 0.29) is 11.8 Å². The van der Waals surface area contributed by atoms with Crippen molar-refractivity contribution >= 4 is 11.9 Å². The summed E-state index contributed by atoms with van der Waals surface area (Å²) in [4.78, 5) is 22.9. The number of oxazole rings is 1. The van der Waals surface area contributed by atoms with Crippen LogP contribution in [0.2, 0.25) is 0 Å². The van der Waals surface area contributed by atoms with E-state index < -0.39 is 5.91 Å². The maximum absolute atomic E-state index is 11.5. The van der Waals surface area contributed by atoms with Crippen LogP contribution >= 0.6 is 0 Å². The van der Waals surface area contributed by atoms with Crippen LogP contribution in [0.4, 0.5) is 5.95 Å². The average molecular weight is 204 g/mol. The van der Waals surface area contributed by atoms with Gasteiger partial charge in [0, 0.05) is 12.4 Å². The molecular formula is C9H8N4O2. The Kier molecular flexibility index (Phi) is 2.40. The van der Waals surface area contributed by atoms with Gasteiger partial charge < -0.3 is 4.42 Å². The minimum Gasteiger partial charge on any atom is -0.438 e. The second-order valence-electron chi connectivity index (χ2n) is 2.80. The fourth-order valence-corrected chi connectivity index (χ4v) is 0.978. The number of hydrogen-bond acceptors (Lipinski definition) is 5. The lowest BCUT2D eigenvalue weighted by molar-refractivity contribution is 0.0988. The van der Waals surface area contributed by atoms with Crippen molar-refractivity contribution in [3.05, 3.63) is 36.3 Å². The number of amides is 1. The number of hydrogen-bond donors (Lipinski definition) is 1. The van der Waals surface area contributed by atoms with Gasteiger partial charge in [0.05, 0.1) is 6.20 Å². The molecule has 1 N–H and O–H groups in total. The maximum atomic E-state index is 11.5. The van der Waals surface area contributed by atoms with Crippen molar-refractivity contribution in [2.24, 2.45) is 0 Å². The van der Waals surface area contributed by atoms with Gasteiger partial charge in [-0.25, -0.2) is 15.0 Å². The molecule has 1 amide bonds. The first-order valence-electron chi connectivity index (χ1n) is 4.26. The molecule has 0 aliphatic rings. The number of rotatable bonds is 2. The highest BCUT2D eigenvalue weighted by molar-refractivity contribution is 5.99. The summed E-state index contributed by atoms with van der Waals surface area (Å²) in [6.45, 7) is 1.71. The van der Waals surface area contributed by atoms with Crippen LogP contribution in [0, 0.1) is 6.92 Å². The molecule has 0 unspecified atom stereocenters. The van der Waals surface area contributed by atoms with Crippen LogP contribution in [0.3, 0.4) is 0 Å². The highest BCUT2D eigenvalue weighted by Crippen LogP contribution is 2.04. The van der Waals surface area contributed by atoms with E-state index >= 15 is 0 Å². The summed E-state index contributed by atoms with van der Waals surface area (Å²) in [5.74, 6) is 0.335. The minimum absolute atomic E-state index is 0.0000435. The lowest BCUT2D eigenvalue weighted by atomic mass is 10.6. The monoisotopic (exact) mass is 204 g/mol. The van der Waals surface area contributed by atoms with E-state index in [1.165, 1.54) is 18.6 Å². The smallest absolute Gasteiger partial charge is 0.313 e. The predicted octanol–water partition coefficient (Wildman–Crippen LogP) is 1.03. The minimum atomic E-state index is -0.464. The van der Waals surface area contributed by atoms with Crippen LogP contribution in [-0.2, 0) is 0 Å². The third-order valence-corrected chi connectivity index (χ3v) is 1.61. The Morgan fingerprint density at radius 2 is 2.07 bits per heavy atom. The summed E-state index contributed by atoms with van der Waals surface area (Å²) in [5, 5.41) is 2.45. The van der Waals surface area contributed by atoms with Crippen LogP contribution in [0.1, 0.15) is 16.4 Å². The third kappa shape index (κ3) is 2.16. The summed E-state index contributed by atoms with van der Waals surface area (Å²) in [7, 11) is 0. The van der Waals surface area contributed by atoms with E-state index in [2.05, 4.69) is 20.3 Å². The standard InChI is InChI=1S/C9H8N4O2/c1-6-5-12-8(15-6)7(14)13-9-10-3-2-4-11-9/h2-5H,1H3,(H,10,11,13,14). The molecule has 0 aliphatic heterocycles. The molecular weight excluding hydrogens is 196 g/mol. The molecule has 2 heterocycles. The fraction of sp³-hybridized carbons (Fsp3) is 0.111. The average Bonchev–Trinajstić information content (AvgIpc) is 2.66. The van der Waals surface area contributed by atoms with Crippen LogP contribution in [0.5, 0.6) is 0 Å². The molecule has 0 saturated heterocycles. The number of carbonyl (C=O) groups is 1. The van der Waals surface area contributed by atoms with Crippen LogP contribution in [0.25, 0.3) is 0 Å². The molecule has 2 aromatic heterocycles. The van der Waals surface area contributed by atoms with E-state index in [1.54, 1.807) is 13.0 Å². The van der Waals surface area contributed by atoms with Gasteiger partial charge in [-0.3, -0.25) is 10.1 Å². The Balaban J connectivity index is 2.11. The van der Waals surface area contributed by atoms with E-state index in [0.717, 1.165) is 0 Å². The SMILES string of the molecule is Cc1cnc(C(=O)Nc2ncccn2)o1. The topological polar surface area (TPSA) is 80.9 Å². The Morgan fingerprint density at radius 3 is 2.67 bits per heavy atom. The number of aryl methyl sites for hydroxylation is 1. The summed E-state index contributed by atoms with van der Waals surface area (Å²) >= 11 is 0. The number of nitrogens with one attached hydrogen (secondary N) is 1. The van der Waals surface area contributed by atoms with Gasteiger partial charge in [0.2, 0.25) is 5.95 Å². The third-order valence-electron chi connectivity index (χ3n) is 1.61. The fourth-order valence-electron chi connectivity index (χ4n) is 0.978. The summed E-state index contributed by atoms with van der Waals surface area (Å²) in [6, 6.07) is 1.66. The summed E-state index contributed by atoms with van der Waals surface area (Å²) in [5.41, 5.74) is 0. The van der Waals surface area contributed by atoms with Crippen LogP contribution in [-0.4, -0.2) is 20.9 Å². The van der Waals surface area contributed by atoms with Gasteiger partial charge >= 0.3 is 5.91 Å². The lowest BCUT2D eigenvalue weighted by Crippen LogP contribution is -2.14. The van der Waals surface area contributed by atoms with E-state index in [4.69, 9.17) is 4.42 Å². The molecule has 0 atom stereocenters. The van der Waals surface area contributed by atoms with Crippen molar-refractivity contribution in [3.8, 4) is 0 Å². The Morgan fingerprint density at radius 1 is 1.33 bits per heavy atom. The van der Waals surface area contributed by atoms with Crippen molar-refractivity contribution in [1.29, 1.82) is 0 Å². The molecule has 6 heteroatoms. The number of anilines is 1. The highest BCUT2D eigenvalue weighted by Gasteiger charge is 2.12. The first kappa shape index (κ1) is 9.32. The number of carbonyl (C=O) groups excluding carboxylic acids is 1. The van der Waals surface area contributed by atoms with E-state index in [0.29, 0.717) is 5.76 Å². The van der Waals surface area contributed by atoms with E-state index in [1.807, 2.05) is 0 Å². The highest BCUT2D eigenvalue weighted by atomic mass is 16.4. The van der Waals surface area contributed by atoms with Gasteiger partial charge in [-0.05, 0) is 13.0 Å². The van der Waals surface area contributed by atoms with Gasteiger partial charge in [0.1, 0.15) is 5.76 Å². The van der Waals surface area contributed by atoms with Crippen molar-refractivity contribution in [1.82, 2.24) is 15.0 Å². The van der Waals surface area contributed by atoms with Gasteiger partial charge in [-0.15, -0.1) is 0 Å². The van der Waals surface area contributed by atoms with Gasteiger partial charge in [-0.2, -0.15) is 0 Å². The van der Waals surface area contributed by atoms with E-state index in [9.17, 15) is 4.79 Å². The molecule has 15 heavy (non-hydrogen) atoms. The normalized spacial score (nSPS) is 9.93. The Hall–Kier alpha value is -2.24. The molecule has 0 aliphatic carbocycles. The zero-order valence-corrected chi connectivity index (χ0v) is 7.97. The number of aromatic nitrogens is 3. The molecule has 0 spiro atoms. The first-order valence-corrected chi connectivity index (χ1v) is 4.26. The van der Waals surface area contributed by atoms with Crippen molar-refractivity contribution in [3.63, 3.8) is 0 Å². The zero-order valence-electron chi connectivity index (χ0n) is 7.97. The molecule has 2 rings (SSSR count). The molecule has 0 aromatic carbocycles. The summed E-state index contributed by atoms with van der Waals surface area (Å²) in [6.07, 6.45) is 4.54. The van der Waals surface area contributed by atoms with Crippen LogP contribution < -0.4 is 5.32 Å². The van der Waals surface area contributed by atoms with Crippen molar-refractivity contribution in [2.75, 3.05) is 5.32 Å². The maximum Gasteiger partial charge on any atom is 0.313 e. The van der Waals surface area contributed by atoms with Gasteiger partial charge in [0.25, 0.3) is 5.89 Å². The van der Waals surface area contributed by atoms with Gasteiger partial charge in [-0.1, -0.05) is 0 Å². The molecule has 0 fully saturated rings. The Bertz CT molecular complexity index is 466. The first-order chi connectivity index (χ1) is 7.25. The largest absolute Gasteiger partial charge is 0.438 e.